The van der Waals surface area contributed by atoms with Gasteiger partial charge in [0, 0.05) is 16.1 Å². The fourth-order valence-electron chi connectivity index (χ4n) is 2.49. The SMILES string of the molecule is COc1ccc(Oc2c(N)cc(C#N)n2Cc2ccc(Cl)cc2Cl)cc1. The van der Waals surface area contributed by atoms with E-state index in [0.29, 0.717) is 45.4 Å². The zero-order chi connectivity index (χ0) is 18.7. The number of ether oxygens (including phenoxy) is 2. The first-order valence-corrected chi connectivity index (χ1v) is 8.42. The van der Waals surface area contributed by atoms with E-state index in [4.69, 9.17) is 38.4 Å². The van der Waals surface area contributed by atoms with Gasteiger partial charge >= 0.3 is 0 Å². The maximum absolute atomic E-state index is 9.43. The van der Waals surface area contributed by atoms with E-state index in [0.717, 1.165) is 5.56 Å². The molecule has 132 valence electrons. The Morgan fingerprint density at radius 1 is 1.08 bits per heavy atom. The summed E-state index contributed by atoms with van der Waals surface area (Å²) in [6.45, 7) is 0.321. The Kier molecular flexibility index (Phi) is 5.27. The molecule has 3 aromatic rings. The normalized spacial score (nSPS) is 10.4. The van der Waals surface area contributed by atoms with Crippen LogP contribution in [0, 0.1) is 11.3 Å². The molecule has 0 saturated carbocycles. The molecule has 0 radical (unpaired) electrons. The number of anilines is 1. The predicted molar refractivity (Wildman–Crippen MR) is 102 cm³/mol. The lowest BCUT2D eigenvalue weighted by atomic mass is 10.2. The van der Waals surface area contributed by atoms with Crippen LogP contribution in [-0.4, -0.2) is 11.7 Å². The minimum absolute atomic E-state index is 0.321. The summed E-state index contributed by atoms with van der Waals surface area (Å²) in [6.07, 6.45) is 0. The summed E-state index contributed by atoms with van der Waals surface area (Å²) in [5.41, 5.74) is 7.59. The Balaban J connectivity index is 1.97. The monoisotopic (exact) mass is 387 g/mol. The van der Waals surface area contributed by atoms with E-state index in [9.17, 15) is 5.26 Å². The van der Waals surface area contributed by atoms with E-state index in [1.165, 1.54) is 0 Å². The van der Waals surface area contributed by atoms with Crippen LogP contribution in [-0.2, 0) is 6.54 Å². The number of nitrogens with two attached hydrogens (primary N) is 1. The van der Waals surface area contributed by atoms with Gasteiger partial charge in [0.2, 0.25) is 5.88 Å². The second kappa shape index (κ2) is 7.61. The van der Waals surface area contributed by atoms with Crippen LogP contribution in [0.3, 0.4) is 0 Å². The van der Waals surface area contributed by atoms with Crippen LogP contribution in [0.1, 0.15) is 11.3 Å². The molecule has 0 atom stereocenters. The minimum atomic E-state index is 0.321. The molecule has 0 fully saturated rings. The van der Waals surface area contributed by atoms with E-state index in [-0.39, 0.29) is 0 Å². The first-order chi connectivity index (χ1) is 12.5. The number of benzene rings is 2. The Hall–Kier alpha value is -2.81. The van der Waals surface area contributed by atoms with Crippen molar-refractivity contribution in [2.75, 3.05) is 12.8 Å². The molecule has 0 amide bonds. The van der Waals surface area contributed by atoms with Gasteiger partial charge in [0.15, 0.2) is 0 Å². The quantitative estimate of drug-likeness (QED) is 0.660. The van der Waals surface area contributed by atoms with Gasteiger partial charge in [-0.2, -0.15) is 5.26 Å². The molecular formula is C19H15Cl2N3O2. The highest BCUT2D eigenvalue weighted by Gasteiger charge is 2.17. The maximum atomic E-state index is 9.43. The van der Waals surface area contributed by atoms with E-state index < -0.39 is 0 Å². The summed E-state index contributed by atoms with van der Waals surface area (Å²) >= 11 is 12.2. The van der Waals surface area contributed by atoms with Crippen LogP contribution in [0.25, 0.3) is 0 Å². The summed E-state index contributed by atoms with van der Waals surface area (Å²) in [4.78, 5) is 0. The predicted octanol–water partition coefficient (Wildman–Crippen LogP) is 5.10. The highest BCUT2D eigenvalue weighted by molar-refractivity contribution is 6.35. The van der Waals surface area contributed by atoms with E-state index in [1.807, 2.05) is 0 Å². The van der Waals surface area contributed by atoms with Gasteiger partial charge in [-0.15, -0.1) is 0 Å². The van der Waals surface area contributed by atoms with Crippen molar-refractivity contribution in [1.82, 2.24) is 4.57 Å². The topological polar surface area (TPSA) is 73.2 Å². The van der Waals surface area contributed by atoms with Gasteiger partial charge in [-0.1, -0.05) is 29.3 Å². The number of nitrogen functional groups attached to an aromatic ring is 1. The molecule has 0 aliphatic rings. The Labute approximate surface area is 161 Å². The fraction of sp³-hybridized carbons (Fsp3) is 0.105. The van der Waals surface area contributed by atoms with Crippen molar-refractivity contribution in [1.29, 1.82) is 5.26 Å². The van der Waals surface area contributed by atoms with Crippen molar-refractivity contribution in [2.45, 2.75) is 6.54 Å². The minimum Gasteiger partial charge on any atom is -0.497 e. The van der Waals surface area contributed by atoms with Crippen LogP contribution in [0.2, 0.25) is 10.0 Å². The molecule has 0 bridgehead atoms. The fourth-order valence-corrected chi connectivity index (χ4v) is 2.96. The number of nitriles is 1. The molecule has 2 aromatic carbocycles. The molecule has 5 nitrogen and oxygen atoms in total. The van der Waals surface area contributed by atoms with Crippen molar-refractivity contribution in [3.63, 3.8) is 0 Å². The maximum Gasteiger partial charge on any atom is 0.224 e. The standard InChI is InChI=1S/C19H15Cl2N3O2/c1-25-15-4-6-16(7-5-15)26-19-18(23)9-14(10-22)24(19)11-12-2-3-13(20)8-17(12)21/h2-9H,11,23H2,1H3. The molecule has 0 aliphatic carbocycles. The van der Waals surface area contributed by atoms with Crippen LogP contribution in [0.5, 0.6) is 17.4 Å². The van der Waals surface area contributed by atoms with Crippen LogP contribution < -0.4 is 15.2 Å². The molecular weight excluding hydrogens is 373 g/mol. The van der Waals surface area contributed by atoms with Crippen LogP contribution in [0.15, 0.2) is 48.5 Å². The largest absolute Gasteiger partial charge is 0.497 e. The lowest BCUT2D eigenvalue weighted by Gasteiger charge is -2.14. The van der Waals surface area contributed by atoms with E-state index >= 15 is 0 Å². The van der Waals surface area contributed by atoms with Crippen LogP contribution in [0.4, 0.5) is 5.69 Å². The molecule has 1 aromatic heterocycles. The van der Waals surface area contributed by atoms with Crippen LogP contribution >= 0.6 is 23.2 Å². The molecule has 26 heavy (non-hydrogen) atoms. The number of halogens is 2. The van der Waals surface area contributed by atoms with E-state index in [1.54, 1.807) is 60.2 Å². The van der Waals surface area contributed by atoms with Gasteiger partial charge < -0.3 is 15.2 Å². The van der Waals surface area contributed by atoms with Gasteiger partial charge in [-0.25, -0.2) is 0 Å². The number of hydrogen-bond donors (Lipinski definition) is 1. The summed E-state index contributed by atoms with van der Waals surface area (Å²) in [6, 6.07) is 16.0. The molecule has 7 heteroatoms. The van der Waals surface area contributed by atoms with Gasteiger partial charge in [0.25, 0.3) is 0 Å². The smallest absolute Gasteiger partial charge is 0.224 e. The van der Waals surface area contributed by atoms with Gasteiger partial charge in [-0.05, 0) is 42.0 Å². The zero-order valence-corrected chi connectivity index (χ0v) is 15.4. The lowest BCUT2D eigenvalue weighted by molar-refractivity contribution is 0.410. The van der Waals surface area contributed by atoms with Gasteiger partial charge in [-0.3, -0.25) is 4.57 Å². The second-order valence-electron chi connectivity index (χ2n) is 5.50. The number of aromatic nitrogens is 1. The third-order valence-electron chi connectivity index (χ3n) is 3.81. The molecule has 1 heterocycles. The Morgan fingerprint density at radius 2 is 1.77 bits per heavy atom. The van der Waals surface area contributed by atoms with Crippen molar-refractivity contribution in [3.8, 4) is 23.4 Å². The number of hydrogen-bond acceptors (Lipinski definition) is 4. The zero-order valence-electron chi connectivity index (χ0n) is 13.9. The molecule has 2 N–H and O–H groups in total. The van der Waals surface area contributed by atoms with Crippen molar-refractivity contribution < 1.29 is 9.47 Å². The molecule has 0 saturated heterocycles. The third kappa shape index (κ3) is 3.72. The van der Waals surface area contributed by atoms with Crippen molar-refractivity contribution in [3.05, 3.63) is 69.8 Å². The van der Waals surface area contributed by atoms with E-state index in [2.05, 4.69) is 6.07 Å². The Morgan fingerprint density at radius 3 is 2.38 bits per heavy atom. The molecule has 3 rings (SSSR count). The summed E-state index contributed by atoms with van der Waals surface area (Å²) in [5, 5.41) is 10.5. The first-order valence-electron chi connectivity index (χ1n) is 7.66. The van der Waals surface area contributed by atoms with Crippen molar-refractivity contribution in [2.24, 2.45) is 0 Å². The first kappa shape index (κ1) is 18.0. The number of nitrogens with zero attached hydrogens (tertiary/aromatic N) is 2. The summed E-state index contributed by atoms with van der Waals surface area (Å²) in [7, 11) is 1.59. The summed E-state index contributed by atoms with van der Waals surface area (Å²) in [5.74, 6) is 1.66. The highest BCUT2D eigenvalue weighted by atomic mass is 35.5. The molecule has 0 spiro atoms. The molecule has 0 unspecified atom stereocenters. The summed E-state index contributed by atoms with van der Waals surface area (Å²) < 4.78 is 12.7. The number of rotatable bonds is 5. The van der Waals surface area contributed by atoms with Crippen molar-refractivity contribution >= 4 is 28.9 Å². The second-order valence-corrected chi connectivity index (χ2v) is 6.34. The van der Waals surface area contributed by atoms with Gasteiger partial charge in [0.1, 0.15) is 23.3 Å². The average molecular weight is 388 g/mol. The Bertz CT molecular complexity index is 976. The number of methoxy groups -OCH3 is 1. The lowest BCUT2D eigenvalue weighted by Crippen LogP contribution is -2.05. The third-order valence-corrected chi connectivity index (χ3v) is 4.39. The van der Waals surface area contributed by atoms with Gasteiger partial charge in [0.05, 0.1) is 19.3 Å². The highest BCUT2D eigenvalue weighted by Crippen LogP contribution is 2.33. The molecule has 0 aliphatic heterocycles. The average Bonchev–Trinajstić information content (AvgIpc) is 2.93.